The predicted molar refractivity (Wildman–Crippen MR) is 86.9 cm³/mol. The highest BCUT2D eigenvalue weighted by Gasteiger charge is 2.10. The summed E-state index contributed by atoms with van der Waals surface area (Å²) in [4.78, 5) is 13.9. The molecule has 1 rings (SSSR count). The van der Waals surface area contributed by atoms with E-state index in [2.05, 4.69) is 32.2 Å². The van der Waals surface area contributed by atoms with E-state index < -0.39 is 0 Å². The summed E-state index contributed by atoms with van der Waals surface area (Å²) in [5.74, 6) is 0.863. The van der Waals surface area contributed by atoms with Gasteiger partial charge in [-0.25, -0.2) is 4.79 Å². The number of ether oxygens (including phenoxy) is 1. The highest BCUT2D eigenvalue weighted by atomic mass is 16.5. The Hall–Kier alpha value is -1.71. The number of aryl methyl sites for hydroxylation is 1. The molecule has 1 N–H and O–H groups in total. The van der Waals surface area contributed by atoms with Crippen molar-refractivity contribution in [2.75, 3.05) is 26.2 Å². The van der Waals surface area contributed by atoms with Gasteiger partial charge in [-0.15, -0.1) is 0 Å². The molecule has 1 aromatic carbocycles. The molecule has 0 saturated heterocycles. The van der Waals surface area contributed by atoms with E-state index in [9.17, 15) is 4.79 Å². The van der Waals surface area contributed by atoms with Gasteiger partial charge in [0.25, 0.3) is 0 Å². The molecule has 118 valence electrons. The molecule has 0 radical (unpaired) electrons. The molecule has 0 unspecified atom stereocenters. The monoisotopic (exact) mass is 292 g/mol. The van der Waals surface area contributed by atoms with E-state index in [4.69, 9.17) is 4.74 Å². The summed E-state index contributed by atoms with van der Waals surface area (Å²) >= 11 is 0. The van der Waals surface area contributed by atoms with Crippen molar-refractivity contribution in [1.29, 1.82) is 0 Å². The van der Waals surface area contributed by atoms with Crippen molar-refractivity contribution in [3.8, 4) is 5.75 Å². The zero-order chi connectivity index (χ0) is 15.5. The van der Waals surface area contributed by atoms with E-state index in [1.54, 1.807) is 0 Å². The first-order valence-electron chi connectivity index (χ1n) is 7.95. The summed E-state index contributed by atoms with van der Waals surface area (Å²) < 4.78 is 5.67. The fourth-order valence-electron chi connectivity index (χ4n) is 2.15. The highest BCUT2D eigenvalue weighted by Crippen LogP contribution is 2.13. The van der Waals surface area contributed by atoms with Crippen LogP contribution in [0.3, 0.4) is 0 Å². The smallest absolute Gasteiger partial charge is 0.317 e. The minimum Gasteiger partial charge on any atom is -0.492 e. The van der Waals surface area contributed by atoms with Gasteiger partial charge in [-0.1, -0.05) is 32.9 Å². The fourth-order valence-corrected chi connectivity index (χ4v) is 2.15. The second-order valence-corrected chi connectivity index (χ2v) is 5.07. The lowest BCUT2D eigenvalue weighted by Gasteiger charge is -2.21. The first kappa shape index (κ1) is 17.3. The van der Waals surface area contributed by atoms with E-state index in [0.717, 1.165) is 38.1 Å². The molecular weight excluding hydrogens is 264 g/mol. The fraction of sp³-hybridized carbons (Fsp3) is 0.588. The van der Waals surface area contributed by atoms with Crippen LogP contribution in [-0.4, -0.2) is 37.2 Å². The molecule has 2 amide bonds. The van der Waals surface area contributed by atoms with Gasteiger partial charge in [-0.3, -0.25) is 0 Å². The van der Waals surface area contributed by atoms with Gasteiger partial charge in [0.15, 0.2) is 0 Å². The first-order chi connectivity index (χ1) is 10.2. The Morgan fingerprint density at radius 2 is 1.90 bits per heavy atom. The Labute approximate surface area is 128 Å². The Balaban J connectivity index is 2.30. The lowest BCUT2D eigenvalue weighted by Crippen LogP contribution is -2.42. The number of carbonyl (C=O) groups excluding carboxylic acids is 1. The number of benzene rings is 1. The van der Waals surface area contributed by atoms with Crippen molar-refractivity contribution in [3.05, 3.63) is 29.8 Å². The van der Waals surface area contributed by atoms with Crippen LogP contribution in [0.15, 0.2) is 24.3 Å². The number of urea groups is 1. The summed E-state index contributed by atoms with van der Waals surface area (Å²) in [5.41, 5.74) is 1.26. The van der Waals surface area contributed by atoms with Crippen LogP contribution in [-0.2, 0) is 6.42 Å². The normalized spacial score (nSPS) is 10.2. The van der Waals surface area contributed by atoms with Crippen molar-refractivity contribution in [2.24, 2.45) is 0 Å². The number of carbonyl (C=O) groups is 1. The number of hydrogen-bond acceptors (Lipinski definition) is 2. The first-order valence-corrected chi connectivity index (χ1v) is 7.95. The molecule has 4 heteroatoms. The summed E-state index contributed by atoms with van der Waals surface area (Å²) in [6.07, 6.45) is 2.96. The van der Waals surface area contributed by atoms with E-state index in [0.29, 0.717) is 13.2 Å². The van der Waals surface area contributed by atoms with Gasteiger partial charge < -0.3 is 15.0 Å². The second-order valence-electron chi connectivity index (χ2n) is 5.07. The standard InChI is InChI=1S/C17H28N2O2/c1-4-11-19(12-5-2)17(20)18-10-13-21-16-9-7-8-15(6-3)14-16/h7-9,14H,4-6,10-13H2,1-3H3,(H,18,20). The minimum atomic E-state index is 0.00427. The lowest BCUT2D eigenvalue weighted by molar-refractivity contribution is 0.194. The molecule has 0 aliphatic heterocycles. The van der Waals surface area contributed by atoms with Crippen LogP contribution >= 0.6 is 0 Å². The van der Waals surface area contributed by atoms with Crippen LogP contribution in [0.4, 0.5) is 4.79 Å². The molecule has 0 bridgehead atoms. The molecule has 0 aliphatic carbocycles. The number of rotatable bonds is 9. The van der Waals surface area contributed by atoms with Crippen LogP contribution in [0.2, 0.25) is 0 Å². The van der Waals surface area contributed by atoms with Crippen LogP contribution in [0.1, 0.15) is 39.2 Å². The third-order valence-corrected chi connectivity index (χ3v) is 3.23. The summed E-state index contributed by atoms with van der Waals surface area (Å²) in [6.45, 7) is 8.91. The Morgan fingerprint density at radius 3 is 2.52 bits per heavy atom. The van der Waals surface area contributed by atoms with E-state index in [1.165, 1.54) is 5.56 Å². The van der Waals surface area contributed by atoms with E-state index in [1.807, 2.05) is 23.1 Å². The van der Waals surface area contributed by atoms with Gasteiger partial charge in [0.05, 0.1) is 6.54 Å². The topological polar surface area (TPSA) is 41.6 Å². The SMILES string of the molecule is CCCN(CCC)C(=O)NCCOc1cccc(CC)c1. The van der Waals surface area contributed by atoms with Crippen LogP contribution in [0, 0.1) is 0 Å². The number of nitrogens with zero attached hydrogens (tertiary/aromatic N) is 1. The van der Waals surface area contributed by atoms with Gasteiger partial charge in [-0.05, 0) is 37.0 Å². The molecule has 0 aromatic heterocycles. The van der Waals surface area contributed by atoms with E-state index in [-0.39, 0.29) is 6.03 Å². The Morgan fingerprint density at radius 1 is 1.19 bits per heavy atom. The van der Waals surface area contributed by atoms with Crippen molar-refractivity contribution in [3.63, 3.8) is 0 Å². The molecular formula is C17H28N2O2. The summed E-state index contributed by atoms with van der Waals surface area (Å²) in [7, 11) is 0. The third-order valence-electron chi connectivity index (χ3n) is 3.23. The van der Waals surface area contributed by atoms with Crippen molar-refractivity contribution in [2.45, 2.75) is 40.0 Å². The Bertz CT molecular complexity index is 415. The zero-order valence-corrected chi connectivity index (χ0v) is 13.5. The summed E-state index contributed by atoms with van der Waals surface area (Å²) in [5, 5.41) is 2.91. The van der Waals surface area contributed by atoms with Crippen molar-refractivity contribution >= 4 is 6.03 Å². The number of amides is 2. The largest absolute Gasteiger partial charge is 0.492 e. The van der Waals surface area contributed by atoms with Crippen LogP contribution in [0.25, 0.3) is 0 Å². The average Bonchev–Trinajstić information content (AvgIpc) is 2.51. The lowest BCUT2D eigenvalue weighted by atomic mass is 10.2. The second kappa shape index (κ2) is 10.1. The van der Waals surface area contributed by atoms with Crippen molar-refractivity contribution in [1.82, 2.24) is 10.2 Å². The molecule has 0 saturated carbocycles. The van der Waals surface area contributed by atoms with E-state index >= 15 is 0 Å². The van der Waals surface area contributed by atoms with Gasteiger partial charge in [0, 0.05) is 13.1 Å². The minimum absolute atomic E-state index is 0.00427. The van der Waals surface area contributed by atoms with Crippen LogP contribution < -0.4 is 10.1 Å². The molecule has 21 heavy (non-hydrogen) atoms. The summed E-state index contributed by atoms with van der Waals surface area (Å²) in [6, 6.07) is 8.08. The predicted octanol–water partition coefficient (Wildman–Crippen LogP) is 3.46. The quantitative estimate of drug-likeness (QED) is 0.708. The maximum Gasteiger partial charge on any atom is 0.317 e. The Kier molecular flexibility index (Phi) is 8.32. The zero-order valence-electron chi connectivity index (χ0n) is 13.5. The molecule has 0 aliphatic rings. The number of hydrogen-bond donors (Lipinski definition) is 1. The third kappa shape index (κ3) is 6.52. The molecule has 0 heterocycles. The van der Waals surface area contributed by atoms with Gasteiger partial charge in [0.1, 0.15) is 12.4 Å². The molecule has 4 nitrogen and oxygen atoms in total. The molecule has 0 spiro atoms. The molecule has 1 aromatic rings. The van der Waals surface area contributed by atoms with Crippen molar-refractivity contribution < 1.29 is 9.53 Å². The number of nitrogens with one attached hydrogen (secondary N) is 1. The van der Waals surface area contributed by atoms with Gasteiger partial charge in [-0.2, -0.15) is 0 Å². The average molecular weight is 292 g/mol. The maximum atomic E-state index is 12.0. The maximum absolute atomic E-state index is 12.0. The molecule has 0 atom stereocenters. The van der Waals surface area contributed by atoms with Gasteiger partial charge >= 0.3 is 6.03 Å². The van der Waals surface area contributed by atoms with Gasteiger partial charge in [0.2, 0.25) is 0 Å². The molecule has 0 fully saturated rings. The van der Waals surface area contributed by atoms with Crippen LogP contribution in [0.5, 0.6) is 5.75 Å². The highest BCUT2D eigenvalue weighted by molar-refractivity contribution is 5.74.